The van der Waals surface area contributed by atoms with Gasteiger partial charge in [-0.15, -0.1) is 16.4 Å². The molecule has 2 N–H and O–H groups in total. The standard InChI is InChI=1S/C20H16N6O2S/c1-13-17(29-20(21-13)14-8-4-2-5-9-14)19(28)24-23-18(27)16-12-26(25-22-16)15-10-6-3-7-11-15/h2-12H,1H3,(H,23,27)(H,24,28). The lowest BCUT2D eigenvalue weighted by atomic mass is 10.2. The minimum Gasteiger partial charge on any atom is -0.266 e. The van der Waals surface area contributed by atoms with Crippen molar-refractivity contribution < 1.29 is 9.59 Å². The average molecular weight is 404 g/mol. The Morgan fingerprint density at radius 2 is 1.59 bits per heavy atom. The molecule has 2 aromatic carbocycles. The van der Waals surface area contributed by atoms with Gasteiger partial charge in [0.1, 0.15) is 9.88 Å². The summed E-state index contributed by atoms with van der Waals surface area (Å²) in [7, 11) is 0. The maximum absolute atomic E-state index is 12.5. The van der Waals surface area contributed by atoms with Gasteiger partial charge < -0.3 is 0 Å². The van der Waals surface area contributed by atoms with Crippen molar-refractivity contribution >= 4 is 23.2 Å². The molecule has 0 radical (unpaired) electrons. The van der Waals surface area contributed by atoms with Crippen LogP contribution < -0.4 is 10.9 Å². The Balaban J connectivity index is 1.42. The monoisotopic (exact) mass is 404 g/mol. The van der Waals surface area contributed by atoms with Gasteiger partial charge in [0.25, 0.3) is 11.8 Å². The summed E-state index contributed by atoms with van der Waals surface area (Å²) in [6, 6.07) is 18.9. The zero-order chi connectivity index (χ0) is 20.2. The molecular weight excluding hydrogens is 388 g/mol. The van der Waals surface area contributed by atoms with E-state index in [0.29, 0.717) is 10.6 Å². The van der Waals surface area contributed by atoms with Gasteiger partial charge in [0.15, 0.2) is 5.69 Å². The number of para-hydroxylation sites is 1. The van der Waals surface area contributed by atoms with E-state index in [2.05, 4.69) is 26.1 Å². The lowest BCUT2D eigenvalue weighted by Gasteiger charge is -2.04. The summed E-state index contributed by atoms with van der Waals surface area (Å²) in [6.45, 7) is 1.76. The molecule has 2 heterocycles. The highest BCUT2D eigenvalue weighted by Crippen LogP contribution is 2.27. The van der Waals surface area contributed by atoms with Gasteiger partial charge in [0.05, 0.1) is 17.6 Å². The Hall–Kier alpha value is -3.85. The Bertz CT molecular complexity index is 1150. The SMILES string of the molecule is Cc1nc(-c2ccccc2)sc1C(=O)NNC(=O)c1cn(-c2ccccc2)nn1. The smallest absolute Gasteiger partial charge is 0.266 e. The third-order valence-corrected chi connectivity index (χ3v) is 5.27. The van der Waals surface area contributed by atoms with Gasteiger partial charge >= 0.3 is 0 Å². The van der Waals surface area contributed by atoms with Crippen molar-refractivity contribution in [2.75, 3.05) is 0 Å². The lowest BCUT2D eigenvalue weighted by Crippen LogP contribution is -2.41. The van der Waals surface area contributed by atoms with E-state index in [1.165, 1.54) is 22.2 Å². The molecule has 29 heavy (non-hydrogen) atoms. The van der Waals surface area contributed by atoms with Gasteiger partial charge in [-0.2, -0.15) is 0 Å². The maximum Gasteiger partial charge on any atom is 0.291 e. The number of hydrazine groups is 1. The third kappa shape index (κ3) is 4.04. The molecule has 4 aromatic rings. The van der Waals surface area contributed by atoms with Gasteiger partial charge in [-0.05, 0) is 19.1 Å². The number of benzene rings is 2. The van der Waals surface area contributed by atoms with Gasteiger partial charge in [0, 0.05) is 5.56 Å². The molecule has 9 heteroatoms. The van der Waals surface area contributed by atoms with E-state index in [1.54, 1.807) is 6.92 Å². The topological polar surface area (TPSA) is 102 Å². The number of thiazole rings is 1. The molecule has 0 aliphatic carbocycles. The van der Waals surface area contributed by atoms with E-state index in [1.807, 2.05) is 60.7 Å². The summed E-state index contributed by atoms with van der Waals surface area (Å²) in [6.07, 6.45) is 1.49. The number of aryl methyl sites for hydroxylation is 1. The predicted octanol–water partition coefficient (Wildman–Crippen LogP) is 2.77. The van der Waals surface area contributed by atoms with Crippen LogP contribution >= 0.6 is 11.3 Å². The van der Waals surface area contributed by atoms with Crippen molar-refractivity contribution in [2.45, 2.75) is 6.92 Å². The Labute approximate surface area is 170 Å². The molecule has 0 aliphatic heterocycles. The van der Waals surface area contributed by atoms with E-state index >= 15 is 0 Å². The second-order valence-corrected chi connectivity index (χ2v) is 7.09. The van der Waals surface area contributed by atoms with Crippen molar-refractivity contribution in [1.29, 1.82) is 0 Å². The number of rotatable bonds is 4. The average Bonchev–Trinajstić information content (AvgIpc) is 3.40. The van der Waals surface area contributed by atoms with Gasteiger partial charge in [-0.1, -0.05) is 53.7 Å². The van der Waals surface area contributed by atoms with Crippen LogP contribution in [0.3, 0.4) is 0 Å². The minimum atomic E-state index is -0.564. The highest BCUT2D eigenvalue weighted by atomic mass is 32.1. The van der Waals surface area contributed by atoms with Crippen LogP contribution in [0.25, 0.3) is 16.3 Å². The van der Waals surface area contributed by atoms with Crippen LogP contribution in [0.1, 0.15) is 25.9 Å². The van der Waals surface area contributed by atoms with Crippen LogP contribution in [-0.2, 0) is 0 Å². The number of hydrogen-bond donors (Lipinski definition) is 2. The molecule has 0 spiro atoms. The quantitative estimate of drug-likeness (QED) is 0.509. The first-order valence-corrected chi connectivity index (χ1v) is 9.55. The van der Waals surface area contributed by atoms with Gasteiger partial charge in [-0.3, -0.25) is 20.4 Å². The number of carbonyl (C=O) groups excluding carboxylic acids is 2. The predicted molar refractivity (Wildman–Crippen MR) is 109 cm³/mol. The molecule has 0 fully saturated rings. The first-order valence-electron chi connectivity index (χ1n) is 8.73. The maximum atomic E-state index is 12.5. The van der Waals surface area contributed by atoms with Crippen LogP contribution in [0, 0.1) is 6.92 Å². The molecule has 8 nitrogen and oxygen atoms in total. The van der Waals surface area contributed by atoms with Crippen LogP contribution in [0.2, 0.25) is 0 Å². The fourth-order valence-corrected chi connectivity index (χ4v) is 3.59. The molecule has 0 bridgehead atoms. The van der Waals surface area contributed by atoms with Crippen LogP contribution in [0.15, 0.2) is 66.9 Å². The number of nitrogens with zero attached hydrogens (tertiary/aromatic N) is 4. The van der Waals surface area contributed by atoms with E-state index in [-0.39, 0.29) is 5.69 Å². The molecule has 0 unspecified atom stereocenters. The second kappa shape index (κ2) is 8.03. The van der Waals surface area contributed by atoms with E-state index in [9.17, 15) is 9.59 Å². The number of aromatic nitrogens is 4. The minimum absolute atomic E-state index is 0.0835. The summed E-state index contributed by atoms with van der Waals surface area (Å²) in [5.74, 6) is -1.00. The second-order valence-electron chi connectivity index (χ2n) is 6.09. The molecule has 0 saturated heterocycles. The van der Waals surface area contributed by atoms with Gasteiger partial charge in [-0.25, -0.2) is 9.67 Å². The molecule has 0 saturated carbocycles. The summed E-state index contributed by atoms with van der Waals surface area (Å²) in [4.78, 5) is 29.6. The zero-order valence-corrected chi connectivity index (χ0v) is 16.2. The van der Waals surface area contributed by atoms with Crippen molar-refractivity contribution in [3.8, 4) is 16.3 Å². The molecule has 144 valence electrons. The van der Waals surface area contributed by atoms with E-state index in [0.717, 1.165) is 16.3 Å². The fraction of sp³-hybridized carbons (Fsp3) is 0.0500. The lowest BCUT2D eigenvalue weighted by molar-refractivity contribution is 0.0845. The number of amides is 2. The Morgan fingerprint density at radius 1 is 0.931 bits per heavy atom. The summed E-state index contributed by atoms with van der Waals surface area (Å²) < 4.78 is 1.48. The van der Waals surface area contributed by atoms with Crippen molar-refractivity contribution in [2.24, 2.45) is 0 Å². The summed E-state index contributed by atoms with van der Waals surface area (Å²) in [5.41, 5.74) is 7.15. The molecule has 2 amide bonds. The van der Waals surface area contributed by atoms with E-state index in [4.69, 9.17) is 0 Å². The molecule has 4 rings (SSSR count). The van der Waals surface area contributed by atoms with E-state index < -0.39 is 11.8 Å². The highest BCUT2D eigenvalue weighted by molar-refractivity contribution is 7.17. The largest absolute Gasteiger partial charge is 0.291 e. The number of hydrogen-bond acceptors (Lipinski definition) is 6. The number of nitrogens with one attached hydrogen (secondary N) is 2. The fourth-order valence-electron chi connectivity index (χ4n) is 2.62. The number of carbonyl (C=O) groups is 2. The molecule has 2 aromatic heterocycles. The third-order valence-electron chi connectivity index (χ3n) is 4.06. The normalized spacial score (nSPS) is 10.5. The van der Waals surface area contributed by atoms with Crippen LogP contribution in [-0.4, -0.2) is 31.8 Å². The van der Waals surface area contributed by atoms with Gasteiger partial charge in [0.2, 0.25) is 0 Å². The molecule has 0 aliphatic rings. The van der Waals surface area contributed by atoms with Crippen molar-refractivity contribution in [1.82, 2.24) is 30.8 Å². The van der Waals surface area contributed by atoms with Crippen molar-refractivity contribution in [3.05, 3.63) is 83.1 Å². The summed E-state index contributed by atoms with van der Waals surface area (Å²) in [5, 5.41) is 8.51. The highest BCUT2D eigenvalue weighted by Gasteiger charge is 2.18. The zero-order valence-electron chi connectivity index (χ0n) is 15.4. The molecular formula is C20H16N6O2S. The Kier molecular flexibility index (Phi) is 5.12. The van der Waals surface area contributed by atoms with Crippen LogP contribution in [0.5, 0.6) is 0 Å². The van der Waals surface area contributed by atoms with Crippen molar-refractivity contribution in [3.63, 3.8) is 0 Å². The first-order chi connectivity index (χ1) is 14.1. The Morgan fingerprint density at radius 3 is 2.31 bits per heavy atom. The summed E-state index contributed by atoms with van der Waals surface area (Å²) >= 11 is 1.26. The van der Waals surface area contributed by atoms with Crippen LogP contribution in [0.4, 0.5) is 0 Å². The molecule has 0 atom stereocenters. The first kappa shape index (κ1) is 18.5.